The molecule has 0 amide bonds. The molecular weight excluding hydrogens is 346 g/mol. The Hall–Kier alpha value is -1.00. The summed E-state index contributed by atoms with van der Waals surface area (Å²) >= 11 is 5.50. The SMILES string of the molecule is CCOc1ccc(NC2CCCc3sc(Br)cc32)c(C)c1. The van der Waals surface area contributed by atoms with Crippen LogP contribution >= 0.6 is 27.3 Å². The van der Waals surface area contributed by atoms with E-state index in [0.29, 0.717) is 12.6 Å². The Morgan fingerprint density at radius 2 is 2.24 bits per heavy atom. The van der Waals surface area contributed by atoms with E-state index >= 15 is 0 Å². The van der Waals surface area contributed by atoms with Gasteiger partial charge in [-0.25, -0.2) is 0 Å². The fourth-order valence-corrected chi connectivity index (χ4v) is 4.73. The molecule has 1 aromatic heterocycles. The van der Waals surface area contributed by atoms with Gasteiger partial charge in [0.1, 0.15) is 5.75 Å². The number of aryl methyl sites for hydroxylation is 2. The summed E-state index contributed by atoms with van der Waals surface area (Å²) in [5.74, 6) is 0.947. The summed E-state index contributed by atoms with van der Waals surface area (Å²) in [5.41, 5.74) is 3.91. The maximum Gasteiger partial charge on any atom is 0.119 e. The number of benzene rings is 1. The number of ether oxygens (including phenoxy) is 1. The van der Waals surface area contributed by atoms with Crippen molar-refractivity contribution in [3.8, 4) is 5.75 Å². The molecule has 0 saturated heterocycles. The first-order valence-corrected chi connectivity index (χ1v) is 9.06. The second kappa shape index (κ2) is 6.41. The molecular formula is C17H20BrNOS. The van der Waals surface area contributed by atoms with E-state index in [2.05, 4.69) is 46.4 Å². The minimum atomic E-state index is 0.424. The summed E-state index contributed by atoms with van der Waals surface area (Å²) in [4.78, 5) is 1.52. The fraction of sp³-hybridized carbons (Fsp3) is 0.412. The van der Waals surface area contributed by atoms with Crippen molar-refractivity contribution in [3.63, 3.8) is 0 Å². The van der Waals surface area contributed by atoms with Crippen LogP contribution in [-0.2, 0) is 6.42 Å². The van der Waals surface area contributed by atoms with Gasteiger partial charge in [-0.2, -0.15) is 0 Å². The monoisotopic (exact) mass is 365 g/mol. The topological polar surface area (TPSA) is 21.3 Å². The zero-order valence-corrected chi connectivity index (χ0v) is 14.8. The molecule has 4 heteroatoms. The normalized spacial score (nSPS) is 17.4. The summed E-state index contributed by atoms with van der Waals surface area (Å²) in [5, 5.41) is 3.72. The van der Waals surface area contributed by atoms with Crippen molar-refractivity contribution in [2.45, 2.75) is 39.2 Å². The lowest BCUT2D eigenvalue weighted by atomic mass is 9.93. The zero-order valence-electron chi connectivity index (χ0n) is 12.4. The van der Waals surface area contributed by atoms with Gasteiger partial charge < -0.3 is 10.1 Å². The van der Waals surface area contributed by atoms with Crippen LogP contribution in [0, 0.1) is 6.92 Å². The summed E-state index contributed by atoms with van der Waals surface area (Å²) in [6.07, 6.45) is 3.67. The molecule has 1 atom stereocenters. The third-order valence-corrected chi connectivity index (χ3v) is 5.64. The van der Waals surface area contributed by atoms with Crippen molar-refractivity contribution in [3.05, 3.63) is 44.1 Å². The maximum absolute atomic E-state index is 5.56. The van der Waals surface area contributed by atoms with Gasteiger partial charge in [-0.05, 0) is 84.4 Å². The van der Waals surface area contributed by atoms with Gasteiger partial charge in [0.15, 0.2) is 0 Å². The second-order valence-corrected chi connectivity index (χ2v) is 7.94. The first-order chi connectivity index (χ1) is 10.2. The van der Waals surface area contributed by atoms with Crippen molar-refractivity contribution >= 4 is 33.0 Å². The van der Waals surface area contributed by atoms with E-state index in [1.165, 1.54) is 44.7 Å². The Balaban J connectivity index is 1.81. The molecule has 0 radical (unpaired) electrons. The standard InChI is InChI=1S/C17H20BrNOS/c1-3-20-12-7-8-14(11(2)9-12)19-15-5-4-6-16-13(15)10-17(18)21-16/h7-10,15,19H,3-6H2,1-2H3. The number of halogens is 1. The molecule has 3 rings (SSSR count). The number of rotatable bonds is 4. The number of nitrogens with one attached hydrogen (secondary N) is 1. The summed E-state index contributed by atoms with van der Waals surface area (Å²) in [6, 6.07) is 9.00. The third kappa shape index (κ3) is 3.27. The molecule has 112 valence electrons. The number of thiophene rings is 1. The lowest BCUT2D eigenvalue weighted by molar-refractivity contribution is 0.340. The van der Waals surface area contributed by atoms with Crippen molar-refractivity contribution in [1.82, 2.24) is 0 Å². The number of hydrogen-bond acceptors (Lipinski definition) is 3. The van der Waals surface area contributed by atoms with E-state index in [9.17, 15) is 0 Å². The lowest BCUT2D eigenvalue weighted by Crippen LogP contribution is -2.16. The first-order valence-electron chi connectivity index (χ1n) is 7.45. The molecule has 1 aliphatic carbocycles. The molecule has 1 aromatic carbocycles. The van der Waals surface area contributed by atoms with Gasteiger partial charge in [0, 0.05) is 10.6 Å². The van der Waals surface area contributed by atoms with Gasteiger partial charge in [-0.15, -0.1) is 11.3 Å². The molecule has 1 unspecified atom stereocenters. The highest BCUT2D eigenvalue weighted by atomic mass is 79.9. The highest BCUT2D eigenvalue weighted by Gasteiger charge is 2.22. The highest BCUT2D eigenvalue weighted by Crippen LogP contribution is 2.40. The van der Waals surface area contributed by atoms with Crippen LogP contribution in [0.2, 0.25) is 0 Å². The summed E-state index contributed by atoms with van der Waals surface area (Å²) < 4.78 is 6.80. The summed E-state index contributed by atoms with van der Waals surface area (Å²) in [7, 11) is 0. The van der Waals surface area contributed by atoms with Crippen LogP contribution in [0.4, 0.5) is 5.69 Å². The van der Waals surface area contributed by atoms with Crippen LogP contribution in [-0.4, -0.2) is 6.61 Å². The van der Waals surface area contributed by atoms with Gasteiger partial charge >= 0.3 is 0 Å². The van der Waals surface area contributed by atoms with Crippen LogP contribution in [0.3, 0.4) is 0 Å². The second-order valence-electron chi connectivity index (χ2n) is 5.43. The molecule has 0 spiro atoms. The lowest BCUT2D eigenvalue weighted by Gasteiger charge is -2.25. The van der Waals surface area contributed by atoms with Crippen LogP contribution in [0.15, 0.2) is 28.1 Å². The predicted molar refractivity (Wildman–Crippen MR) is 93.7 cm³/mol. The quantitative estimate of drug-likeness (QED) is 0.749. The van der Waals surface area contributed by atoms with Gasteiger partial charge in [-0.1, -0.05) is 0 Å². The maximum atomic E-state index is 5.56. The Morgan fingerprint density at radius 1 is 1.38 bits per heavy atom. The molecule has 2 aromatic rings. The molecule has 0 saturated carbocycles. The molecule has 0 aliphatic heterocycles. The van der Waals surface area contributed by atoms with E-state index in [0.717, 1.165) is 5.75 Å². The van der Waals surface area contributed by atoms with Crippen molar-refractivity contribution in [1.29, 1.82) is 0 Å². The number of fused-ring (bicyclic) bond motifs is 1. The van der Waals surface area contributed by atoms with Crippen molar-refractivity contribution < 1.29 is 4.74 Å². The average Bonchev–Trinajstić information content (AvgIpc) is 2.83. The minimum Gasteiger partial charge on any atom is -0.494 e. The Morgan fingerprint density at radius 3 is 3.00 bits per heavy atom. The van der Waals surface area contributed by atoms with E-state index < -0.39 is 0 Å². The van der Waals surface area contributed by atoms with Gasteiger partial charge in [0.2, 0.25) is 0 Å². The molecule has 2 nitrogen and oxygen atoms in total. The average molecular weight is 366 g/mol. The molecule has 21 heavy (non-hydrogen) atoms. The van der Waals surface area contributed by atoms with Crippen LogP contribution in [0.5, 0.6) is 5.75 Å². The first kappa shape index (κ1) is 14.9. The molecule has 1 aliphatic rings. The molecule has 0 fully saturated rings. The summed E-state index contributed by atoms with van der Waals surface area (Å²) in [6.45, 7) is 4.86. The fourth-order valence-electron chi connectivity index (χ4n) is 2.91. The third-order valence-electron chi connectivity index (χ3n) is 3.92. The van der Waals surface area contributed by atoms with Crippen molar-refractivity contribution in [2.24, 2.45) is 0 Å². The van der Waals surface area contributed by atoms with Gasteiger partial charge in [0.25, 0.3) is 0 Å². The number of hydrogen-bond donors (Lipinski definition) is 1. The largest absolute Gasteiger partial charge is 0.494 e. The molecule has 0 bridgehead atoms. The predicted octanol–water partition coefficient (Wildman–Crippen LogP) is 5.71. The Labute approximate surface area is 138 Å². The highest BCUT2D eigenvalue weighted by molar-refractivity contribution is 9.11. The van der Waals surface area contributed by atoms with E-state index in [1.54, 1.807) is 0 Å². The van der Waals surface area contributed by atoms with Crippen molar-refractivity contribution in [2.75, 3.05) is 11.9 Å². The molecule has 1 N–H and O–H groups in total. The number of anilines is 1. The van der Waals surface area contributed by atoms with Crippen LogP contribution < -0.4 is 10.1 Å². The molecule has 1 heterocycles. The van der Waals surface area contributed by atoms with Crippen LogP contribution in [0.25, 0.3) is 0 Å². The smallest absolute Gasteiger partial charge is 0.119 e. The van der Waals surface area contributed by atoms with Gasteiger partial charge in [0.05, 0.1) is 16.4 Å². The van der Waals surface area contributed by atoms with E-state index in [-0.39, 0.29) is 0 Å². The van der Waals surface area contributed by atoms with E-state index in [4.69, 9.17) is 4.74 Å². The Bertz CT molecular complexity index is 638. The minimum absolute atomic E-state index is 0.424. The van der Waals surface area contributed by atoms with E-state index in [1.807, 2.05) is 24.3 Å². The Kier molecular flexibility index (Phi) is 4.55. The zero-order chi connectivity index (χ0) is 14.8. The van der Waals surface area contributed by atoms with Gasteiger partial charge in [-0.3, -0.25) is 0 Å². The van der Waals surface area contributed by atoms with Crippen LogP contribution in [0.1, 0.15) is 41.8 Å².